The number of halogens is 4. The Morgan fingerprint density at radius 1 is 0.821 bits per heavy atom. The summed E-state index contributed by atoms with van der Waals surface area (Å²) in [6.07, 6.45) is -0.159. The van der Waals surface area contributed by atoms with E-state index in [9.17, 15) is 22.8 Å². The first-order chi connectivity index (χ1) is 13.3. The second-order valence-electron chi connectivity index (χ2n) is 6.25. The number of carbonyl (C=O) groups is 2. The van der Waals surface area contributed by atoms with Crippen LogP contribution in [0.25, 0.3) is 0 Å². The Kier molecular flexibility index (Phi) is 5.95. The molecule has 0 aliphatic carbocycles. The van der Waals surface area contributed by atoms with Gasteiger partial charge >= 0.3 is 0 Å². The van der Waals surface area contributed by atoms with Gasteiger partial charge in [-0.3, -0.25) is 9.59 Å². The van der Waals surface area contributed by atoms with Gasteiger partial charge in [-0.25, -0.2) is 13.2 Å². The molecule has 2 nitrogen and oxygen atoms in total. The number of benzene rings is 3. The van der Waals surface area contributed by atoms with Gasteiger partial charge in [0, 0.05) is 10.6 Å². The minimum absolute atomic E-state index is 0.159. The minimum Gasteiger partial charge on any atom is -0.293 e. The van der Waals surface area contributed by atoms with Crippen LogP contribution in [0.2, 0.25) is 5.02 Å². The zero-order valence-corrected chi connectivity index (χ0v) is 15.2. The number of hydrogen-bond acceptors (Lipinski definition) is 2. The van der Waals surface area contributed by atoms with E-state index in [1.807, 2.05) is 0 Å². The fourth-order valence-electron chi connectivity index (χ4n) is 2.89. The largest absolute Gasteiger partial charge is 0.293 e. The highest BCUT2D eigenvalue weighted by atomic mass is 35.5. The molecule has 3 aromatic rings. The summed E-state index contributed by atoms with van der Waals surface area (Å²) in [6.45, 7) is 0. The van der Waals surface area contributed by atoms with Gasteiger partial charge in [-0.05, 0) is 66.6 Å². The van der Waals surface area contributed by atoms with Crippen LogP contribution in [-0.2, 0) is 6.42 Å². The van der Waals surface area contributed by atoms with Crippen LogP contribution >= 0.6 is 11.6 Å². The highest BCUT2D eigenvalue weighted by molar-refractivity contribution is 6.30. The summed E-state index contributed by atoms with van der Waals surface area (Å²) in [5, 5.41) is 0.403. The van der Waals surface area contributed by atoms with E-state index in [-0.39, 0.29) is 12.0 Å². The molecule has 1 unspecified atom stereocenters. The molecule has 0 saturated heterocycles. The van der Waals surface area contributed by atoms with Crippen LogP contribution in [0.4, 0.5) is 13.2 Å². The van der Waals surface area contributed by atoms with E-state index < -0.39 is 40.5 Å². The summed E-state index contributed by atoms with van der Waals surface area (Å²) < 4.78 is 41.2. The van der Waals surface area contributed by atoms with Crippen LogP contribution in [0.15, 0.2) is 66.7 Å². The second-order valence-corrected chi connectivity index (χ2v) is 6.68. The van der Waals surface area contributed by atoms with Crippen molar-refractivity contribution in [2.45, 2.75) is 6.42 Å². The normalized spacial score (nSPS) is 11.9. The summed E-state index contributed by atoms with van der Waals surface area (Å²) in [4.78, 5) is 25.9. The minimum atomic E-state index is -1.35. The topological polar surface area (TPSA) is 34.1 Å². The monoisotopic (exact) mass is 402 g/mol. The highest BCUT2D eigenvalue weighted by Crippen LogP contribution is 2.23. The maximum Gasteiger partial charge on any atom is 0.177 e. The molecule has 6 heteroatoms. The molecule has 0 bridgehead atoms. The van der Waals surface area contributed by atoms with Gasteiger partial charge in [0.15, 0.2) is 11.6 Å². The third-order valence-electron chi connectivity index (χ3n) is 4.28. The van der Waals surface area contributed by atoms with E-state index in [2.05, 4.69) is 0 Å². The van der Waals surface area contributed by atoms with Gasteiger partial charge in [-0.15, -0.1) is 0 Å². The Bertz CT molecular complexity index is 1030. The van der Waals surface area contributed by atoms with Crippen molar-refractivity contribution in [2.75, 3.05) is 0 Å². The molecule has 0 aromatic heterocycles. The smallest absolute Gasteiger partial charge is 0.177 e. The third kappa shape index (κ3) is 4.49. The molecule has 0 saturated carbocycles. The van der Waals surface area contributed by atoms with E-state index in [4.69, 9.17) is 11.6 Å². The average molecular weight is 403 g/mol. The third-order valence-corrected chi connectivity index (χ3v) is 4.54. The van der Waals surface area contributed by atoms with E-state index in [1.165, 1.54) is 42.5 Å². The van der Waals surface area contributed by atoms with Crippen LogP contribution in [-0.4, -0.2) is 11.6 Å². The lowest BCUT2D eigenvalue weighted by atomic mass is 9.85. The van der Waals surface area contributed by atoms with Crippen molar-refractivity contribution in [3.63, 3.8) is 0 Å². The van der Waals surface area contributed by atoms with Crippen molar-refractivity contribution in [2.24, 2.45) is 5.92 Å². The van der Waals surface area contributed by atoms with E-state index in [0.29, 0.717) is 10.6 Å². The molecule has 0 radical (unpaired) electrons. The van der Waals surface area contributed by atoms with Gasteiger partial charge in [-0.2, -0.15) is 0 Å². The number of Topliss-reactive ketones (excluding diaryl/α,β-unsaturated/α-hetero) is 2. The van der Waals surface area contributed by atoms with Crippen molar-refractivity contribution in [1.29, 1.82) is 0 Å². The van der Waals surface area contributed by atoms with E-state index in [0.717, 1.165) is 18.2 Å². The molecule has 1 atom stereocenters. The fourth-order valence-corrected chi connectivity index (χ4v) is 3.02. The predicted octanol–water partition coefficient (Wildman–Crippen LogP) is 5.68. The Balaban J connectivity index is 2.02. The average Bonchev–Trinajstić information content (AvgIpc) is 2.67. The quantitative estimate of drug-likeness (QED) is 0.392. The summed E-state index contributed by atoms with van der Waals surface area (Å²) in [7, 11) is 0. The van der Waals surface area contributed by atoms with Crippen LogP contribution in [0.5, 0.6) is 0 Å². The second kappa shape index (κ2) is 8.40. The lowest BCUT2D eigenvalue weighted by Gasteiger charge is -2.16. The molecule has 0 heterocycles. The molecule has 0 N–H and O–H groups in total. The Labute approximate surface area is 164 Å². The molecule has 0 aliphatic rings. The van der Waals surface area contributed by atoms with Crippen molar-refractivity contribution in [3.05, 3.63) is 106 Å². The van der Waals surface area contributed by atoms with Gasteiger partial charge < -0.3 is 0 Å². The van der Waals surface area contributed by atoms with Gasteiger partial charge in [0.25, 0.3) is 0 Å². The van der Waals surface area contributed by atoms with Gasteiger partial charge in [-0.1, -0.05) is 23.7 Å². The first kappa shape index (κ1) is 19.8. The van der Waals surface area contributed by atoms with Crippen LogP contribution in [0.3, 0.4) is 0 Å². The molecule has 3 aromatic carbocycles. The first-order valence-electron chi connectivity index (χ1n) is 8.38. The van der Waals surface area contributed by atoms with Crippen LogP contribution in [0.1, 0.15) is 26.3 Å². The summed E-state index contributed by atoms with van der Waals surface area (Å²) in [5.41, 5.74) is 0.0529. The highest BCUT2D eigenvalue weighted by Gasteiger charge is 2.31. The Morgan fingerprint density at radius 3 is 2.18 bits per heavy atom. The molecule has 0 spiro atoms. The van der Waals surface area contributed by atoms with E-state index >= 15 is 0 Å². The SMILES string of the molecule is O=C(c1ccc(Cl)cc1)C(Cc1cccc(F)c1)C(=O)c1cc(F)ccc1F. The standard InChI is InChI=1S/C22H14ClF3O2/c23-15-6-4-14(5-7-15)21(27)19(11-13-2-1-3-16(24)10-13)22(28)18-12-17(25)8-9-20(18)26/h1-10,12,19H,11H2. The number of rotatable bonds is 6. The van der Waals surface area contributed by atoms with Crippen LogP contribution < -0.4 is 0 Å². The molecule has 0 fully saturated rings. The molecule has 0 amide bonds. The summed E-state index contributed by atoms with van der Waals surface area (Å²) in [5.74, 6) is -5.07. The number of carbonyl (C=O) groups excluding carboxylic acids is 2. The maximum absolute atomic E-state index is 14.1. The first-order valence-corrected chi connectivity index (χ1v) is 8.76. The summed E-state index contributed by atoms with van der Waals surface area (Å²) in [6, 6.07) is 13.8. The number of ketones is 2. The molecular weight excluding hydrogens is 389 g/mol. The van der Waals surface area contributed by atoms with Crippen molar-refractivity contribution in [3.8, 4) is 0 Å². The van der Waals surface area contributed by atoms with Crippen molar-refractivity contribution in [1.82, 2.24) is 0 Å². The zero-order chi connectivity index (χ0) is 20.3. The number of hydrogen-bond donors (Lipinski definition) is 0. The van der Waals surface area contributed by atoms with Crippen molar-refractivity contribution < 1.29 is 22.8 Å². The molecule has 142 valence electrons. The lowest BCUT2D eigenvalue weighted by molar-refractivity contribution is 0.0804. The fraction of sp³-hybridized carbons (Fsp3) is 0.0909. The van der Waals surface area contributed by atoms with Crippen molar-refractivity contribution >= 4 is 23.2 Å². The molecule has 3 rings (SSSR count). The zero-order valence-electron chi connectivity index (χ0n) is 14.5. The van der Waals surface area contributed by atoms with Gasteiger partial charge in [0.2, 0.25) is 0 Å². The molecular formula is C22H14ClF3O2. The summed E-state index contributed by atoms with van der Waals surface area (Å²) >= 11 is 5.83. The van der Waals surface area contributed by atoms with Crippen LogP contribution in [0, 0.1) is 23.4 Å². The van der Waals surface area contributed by atoms with E-state index in [1.54, 1.807) is 6.07 Å². The maximum atomic E-state index is 14.1. The Hall–Kier alpha value is -2.92. The lowest BCUT2D eigenvalue weighted by Crippen LogP contribution is -2.27. The van der Waals surface area contributed by atoms with Gasteiger partial charge in [0.1, 0.15) is 17.5 Å². The molecule has 28 heavy (non-hydrogen) atoms. The van der Waals surface area contributed by atoms with Gasteiger partial charge in [0.05, 0.1) is 11.5 Å². The molecule has 0 aliphatic heterocycles. The Morgan fingerprint density at radius 2 is 1.50 bits per heavy atom. The predicted molar refractivity (Wildman–Crippen MR) is 100 cm³/mol.